The van der Waals surface area contributed by atoms with E-state index in [-0.39, 0.29) is 6.03 Å². The Morgan fingerprint density at radius 3 is 2.77 bits per heavy atom. The summed E-state index contributed by atoms with van der Waals surface area (Å²) in [5, 5.41) is 7.28. The number of amides is 2. The molecule has 0 aliphatic carbocycles. The monoisotopic (exact) mass is 356 g/mol. The zero-order valence-electron chi connectivity index (χ0n) is 15.9. The van der Waals surface area contributed by atoms with Gasteiger partial charge in [-0.15, -0.1) is 0 Å². The van der Waals surface area contributed by atoms with E-state index in [0.717, 1.165) is 50.3 Å². The average Bonchev–Trinajstić information content (AvgIpc) is 3.25. The highest BCUT2D eigenvalue weighted by atomic mass is 16.2. The fourth-order valence-corrected chi connectivity index (χ4v) is 3.46. The largest absolute Gasteiger partial charge is 0.324 e. The third-order valence-electron chi connectivity index (χ3n) is 4.74. The Bertz CT molecular complexity index is 726. The molecule has 7 heteroatoms. The van der Waals surface area contributed by atoms with Crippen LogP contribution in [0.25, 0.3) is 11.4 Å². The van der Waals surface area contributed by atoms with Gasteiger partial charge in [-0.25, -0.2) is 9.78 Å². The molecule has 2 heterocycles. The first-order valence-corrected chi connectivity index (χ1v) is 9.25. The van der Waals surface area contributed by atoms with Crippen molar-refractivity contribution in [2.75, 3.05) is 38.5 Å². The summed E-state index contributed by atoms with van der Waals surface area (Å²) in [5.74, 6) is 1.25. The van der Waals surface area contributed by atoms with Gasteiger partial charge in [0.15, 0.2) is 5.82 Å². The van der Waals surface area contributed by atoms with Crippen molar-refractivity contribution in [3.63, 3.8) is 0 Å². The molecule has 3 rings (SSSR count). The number of urea groups is 1. The molecule has 2 amide bonds. The van der Waals surface area contributed by atoms with Crippen LogP contribution in [0, 0.1) is 5.92 Å². The topological polar surface area (TPSA) is 66.3 Å². The number of hydrogen-bond donors (Lipinski definition) is 1. The maximum absolute atomic E-state index is 12.5. The molecule has 140 valence electrons. The molecule has 1 atom stereocenters. The maximum atomic E-state index is 12.5. The Morgan fingerprint density at radius 1 is 1.35 bits per heavy atom. The van der Waals surface area contributed by atoms with Gasteiger partial charge in [0, 0.05) is 37.9 Å². The highest BCUT2D eigenvalue weighted by Gasteiger charge is 2.26. The Kier molecular flexibility index (Phi) is 5.88. The molecule has 7 nitrogen and oxygen atoms in total. The summed E-state index contributed by atoms with van der Waals surface area (Å²) in [5.41, 5.74) is 1.73. The van der Waals surface area contributed by atoms with E-state index in [0.29, 0.717) is 11.7 Å². The number of aromatic nitrogens is 3. The number of nitrogens with zero attached hydrogens (tertiary/aromatic N) is 5. The number of aryl methyl sites for hydroxylation is 1. The van der Waals surface area contributed by atoms with Crippen LogP contribution in [0.5, 0.6) is 0 Å². The number of rotatable bonds is 6. The summed E-state index contributed by atoms with van der Waals surface area (Å²) >= 11 is 0. The second kappa shape index (κ2) is 8.31. The van der Waals surface area contributed by atoms with Gasteiger partial charge in [-0.1, -0.05) is 6.92 Å². The van der Waals surface area contributed by atoms with Gasteiger partial charge in [0.2, 0.25) is 0 Å². The molecular formula is C19H28N6O. The first-order chi connectivity index (χ1) is 12.5. The van der Waals surface area contributed by atoms with Gasteiger partial charge in [-0.05, 0) is 56.6 Å². The van der Waals surface area contributed by atoms with Gasteiger partial charge in [-0.2, -0.15) is 5.10 Å². The predicted molar refractivity (Wildman–Crippen MR) is 103 cm³/mol. The zero-order chi connectivity index (χ0) is 18.5. The van der Waals surface area contributed by atoms with Crippen molar-refractivity contribution in [3.05, 3.63) is 30.6 Å². The highest BCUT2D eigenvalue weighted by molar-refractivity contribution is 5.89. The minimum Gasteiger partial charge on any atom is -0.324 e. The maximum Gasteiger partial charge on any atom is 0.321 e. The third kappa shape index (κ3) is 4.60. The number of carbonyl (C=O) groups excluding carboxylic acids is 1. The average molecular weight is 356 g/mol. The molecule has 1 N–H and O–H groups in total. The second-order valence-electron chi connectivity index (χ2n) is 7.11. The fourth-order valence-electron chi connectivity index (χ4n) is 3.46. The van der Waals surface area contributed by atoms with Crippen LogP contribution in [0.3, 0.4) is 0 Å². The van der Waals surface area contributed by atoms with Gasteiger partial charge in [-0.3, -0.25) is 4.68 Å². The Labute approximate surface area is 155 Å². The van der Waals surface area contributed by atoms with E-state index >= 15 is 0 Å². The molecule has 1 aromatic heterocycles. The smallest absolute Gasteiger partial charge is 0.321 e. The van der Waals surface area contributed by atoms with Crippen LogP contribution in [-0.2, 0) is 7.05 Å². The summed E-state index contributed by atoms with van der Waals surface area (Å²) in [6, 6.07) is 7.63. The van der Waals surface area contributed by atoms with Crippen molar-refractivity contribution < 1.29 is 4.79 Å². The summed E-state index contributed by atoms with van der Waals surface area (Å²) in [7, 11) is 4.00. The molecule has 26 heavy (non-hydrogen) atoms. The molecule has 1 aromatic carbocycles. The molecule has 0 spiro atoms. The zero-order valence-corrected chi connectivity index (χ0v) is 15.9. The Morgan fingerprint density at radius 2 is 2.12 bits per heavy atom. The van der Waals surface area contributed by atoms with Crippen LogP contribution in [0.15, 0.2) is 30.6 Å². The summed E-state index contributed by atoms with van der Waals surface area (Å²) < 4.78 is 1.67. The third-order valence-corrected chi connectivity index (χ3v) is 4.74. The molecule has 1 aliphatic heterocycles. The lowest BCUT2D eigenvalue weighted by Crippen LogP contribution is -2.34. The standard InChI is InChI=1S/C19H28N6O/c1-4-10-23(2)12-15-9-11-25(13-15)19(26)21-17-7-5-16(6-8-17)18-20-14-24(3)22-18/h5-8,14-15H,4,9-13H2,1-3H3,(H,21,26). The van der Waals surface area contributed by atoms with Crippen LogP contribution < -0.4 is 5.32 Å². The molecular weight excluding hydrogens is 328 g/mol. The SMILES string of the molecule is CCCN(C)CC1CCN(C(=O)Nc2ccc(-c3ncn(C)n3)cc2)C1. The van der Waals surface area contributed by atoms with E-state index in [1.807, 2.05) is 36.2 Å². The molecule has 0 bridgehead atoms. The molecule has 1 unspecified atom stereocenters. The van der Waals surface area contributed by atoms with Gasteiger partial charge < -0.3 is 15.1 Å². The van der Waals surface area contributed by atoms with Crippen molar-refractivity contribution in [1.82, 2.24) is 24.6 Å². The van der Waals surface area contributed by atoms with E-state index in [2.05, 4.69) is 34.3 Å². The summed E-state index contributed by atoms with van der Waals surface area (Å²) in [6.07, 6.45) is 3.91. The Hall–Kier alpha value is -2.41. The lowest BCUT2D eigenvalue weighted by atomic mass is 10.1. The molecule has 0 radical (unpaired) electrons. The van der Waals surface area contributed by atoms with Crippen molar-refractivity contribution in [1.29, 1.82) is 0 Å². The molecule has 1 fully saturated rings. The summed E-state index contributed by atoms with van der Waals surface area (Å²) in [6.45, 7) is 6.02. The number of nitrogens with one attached hydrogen (secondary N) is 1. The number of likely N-dealkylation sites (tertiary alicyclic amines) is 1. The number of anilines is 1. The van der Waals surface area contributed by atoms with E-state index in [1.54, 1.807) is 11.0 Å². The number of carbonyl (C=O) groups is 1. The van der Waals surface area contributed by atoms with E-state index in [4.69, 9.17) is 0 Å². The van der Waals surface area contributed by atoms with Crippen molar-refractivity contribution >= 4 is 11.7 Å². The molecule has 1 saturated heterocycles. The van der Waals surface area contributed by atoms with Crippen molar-refractivity contribution in [2.45, 2.75) is 19.8 Å². The van der Waals surface area contributed by atoms with Crippen molar-refractivity contribution in [3.8, 4) is 11.4 Å². The predicted octanol–water partition coefficient (Wildman–Crippen LogP) is 2.68. The van der Waals surface area contributed by atoms with Gasteiger partial charge >= 0.3 is 6.03 Å². The molecule has 1 aliphatic rings. The van der Waals surface area contributed by atoms with Crippen LogP contribution in [0.2, 0.25) is 0 Å². The van der Waals surface area contributed by atoms with Gasteiger partial charge in [0.25, 0.3) is 0 Å². The normalized spacial score (nSPS) is 17.1. The number of hydrogen-bond acceptors (Lipinski definition) is 4. The van der Waals surface area contributed by atoms with E-state index in [1.165, 1.54) is 0 Å². The highest BCUT2D eigenvalue weighted by Crippen LogP contribution is 2.20. The number of benzene rings is 1. The van der Waals surface area contributed by atoms with Crippen LogP contribution in [0.1, 0.15) is 19.8 Å². The van der Waals surface area contributed by atoms with Crippen LogP contribution >= 0.6 is 0 Å². The first-order valence-electron chi connectivity index (χ1n) is 9.25. The fraction of sp³-hybridized carbons (Fsp3) is 0.526. The lowest BCUT2D eigenvalue weighted by molar-refractivity contribution is 0.217. The van der Waals surface area contributed by atoms with Gasteiger partial charge in [0.1, 0.15) is 6.33 Å². The van der Waals surface area contributed by atoms with Crippen LogP contribution in [-0.4, -0.2) is 63.8 Å². The minimum atomic E-state index is -0.0191. The molecule has 2 aromatic rings. The van der Waals surface area contributed by atoms with Gasteiger partial charge in [0.05, 0.1) is 0 Å². The Balaban J connectivity index is 1.52. The van der Waals surface area contributed by atoms with E-state index in [9.17, 15) is 4.79 Å². The van der Waals surface area contributed by atoms with Crippen molar-refractivity contribution in [2.24, 2.45) is 13.0 Å². The molecule has 0 saturated carbocycles. The minimum absolute atomic E-state index is 0.0191. The van der Waals surface area contributed by atoms with E-state index < -0.39 is 0 Å². The first kappa shape index (κ1) is 18.4. The second-order valence-corrected chi connectivity index (χ2v) is 7.11. The summed E-state index contributed by atoms with van der Waals surface area (Å²) in [4.78, 5) is 21.0. The van der Waals surface area contributed by atoms with Crippen LogP contribution in [0.4, 0.5) is 10.5 Å². The quantitative estimate of drug-likeness (QED) is 0.864. The lowest BCUT2D eigenvalue weighted by Gasteiger charge is -2.21.